The van der Waals surface area contributed by atoms with E-state index in [1.165, 1.54) is 0 Å². The summed E-state index contributed by atoms with van der Waals surface area (Å²) in [5.41, 5.74) is 4.06. The maximum absolute atomic E-state index is 12.7. The molecule has 142 valence electrons. The second kappa shape index (κ2) is 6.74. The van der Waals surface area contributed by atoms with Crippen molar-refractivity contribution in [3.63, 3.8) is 0 Å². The van der Waals surface area contributed by atoms with Crippen molar-refractivity contribution in [1.82, 2.24) is 24.5 Å². The molecule has 1 aliphatic rings. The molecule has 4 heterocycles. The summed E-state index contributed by atoms with van der Waals surface area (Å²) in [4.78, 5) is 17.3. The van der Waals surface area contributed by atoms with Gasteiger partial charge in [-0.05, 0) is 30.3 Å². The average molecular weight is 376 g/mol. The summed E-state index contributed by atoms with van der Waals surface area (Å²) in [6.45, 7) is 2.16. The maximum atomic E-state index is 12.7. The van der Waals surface area contributed by atoms with E-state index in [2.05, 4.69) is 20.7 Å². The molecular formula is C20H20N6O2. The Bertz CT molecular complexity index is 1170. The lowest BCUT2D eigenvalue weighted by atomic mass is 10.1. The van der Waals surface area contributed by atoms with Crippen LogP contribution < -0.4 is 10.6 Å². The molecule has 0 unspecified atom stereocenters. The van der Waals surface area contributed by atoms with Crippen LogP contribution in [0.5, 0.6) is 0 Å². The first kappa shape index (κ1) is 16.9. The summed E-state index contributed by atoms with van der Waals surface area (Å²) in [7, 11) is 1.88. The van der Waals surface area contributed by atoms with Crippen molar-refractivity contribution >= 4 is 28.1 Å². The molecule has 5 rings (SSSR count). The number of nitrogens with one attached hydrogen (secondary N) is 2. The first-order valence-corrected chi connectivity index (χ1v) is 9.20. The van der Waals surface area contributed by atoms with Gasteiger partial charge in [0, 0.05) is 36.9 Å². The molecule has 2 N–H and O–H groups in total. The summed E-state index contributed by atoms with van der Waals surface area (Å²) in [6, 6.07) is 9.41. The highest BCUT2D eigenvalue weighted by atomic mass is 16.5. The Balaban J connectivity index is 1.38. The zero-order valence-electron chi connectivity index (χ0n) is 15.4. The van der Waals surface area contributed by atoms with E-state index in [0.29, 0.717) is 17.9 Å². The lowest BCUT2D eigenvalue weighted by Crippen LogP contribution is -2.34. The minimum atomic E-state index is -0.159. The van der Waals surface area contributed by atoms with Gasteiger partial charge in [-0.2, -0.15) is 5.10 Å². The number of pyridine rings is 1. The van der Waals surface area contributed by atoms with Crippen molar-refractivity contribution in [2.45, 2.75) is 6.04 Å². The van der Waals surface area contributed by atoms with Crippen LogP contribution in [0.15, 0.2) is 48.9 Å². The van der Waals surface area contributed by atoms with E-state index in [0.717, 1.165) is 35.4 Å². The lowest BCUT2D eigenvalue weighted by Gasteiger charge is -2.21. The van der Waals surface area contributed by atoms with Gasteiger partial charge in [0.05, 0.1) is 42.4 Å². The van der Waals surface area contributed by atoms with Gasteiger partial charge in [-0.15, -0.1) is 0 Å². The standard InChI is InChI=1S/C20H20N6O2/c1-25-18-4-2-13(8-14(18)9-22-25)20(27)23-15-3-5-19-24-16(11-26(19)10-15)17-12-28-7-6-21-17/h2-5,8-11,17,21H,6-7,12H2,1H3,(H,23,27)/t17-/m0/s1. The van der Waals surface area contributed by atoms with E-state index in [-0.39, 0.29) is 11.9 Å². The molecule has 4 aromatic rings. The Morgan fingerprint density at radius 3 is 3.07 bits per heavy atom. The molecule has 1 saturated heterocycles. The fraction of sp³-hybridized carbons (Fsp3) is 0.250. The number of hydrogen-bond acceptors (Lipinski definition) is 5. The largest absolute Gasteiger partial charge is 0.378 e. The minimum Gasteiger partial charge on any atom is -0.378 e. The third-order valence-electron chi connectivity index (χ3n) is 5.01. The topological polar surface area (TPSA) is 85.5 Å². The van der Waals surface area contributed by atoms with Crippen LogP contribution in [0.1, 0.15) is 22.1 Å². The third-order valence-corrected chi connectivity index (χ3v) is 5.01. The molecule has 1 aliphatic heterocycles. The highest BCUT2D eigenvalue weighted by molar-refractivity contribution is 6.06. The molecule has 0 aliphatic carbocycles. The zero-order chi connectivity index (χ0) is 19.1. The monoisotopic (exact) mass is 376 g/mol. The summed E-state index contributed by atoms with van der Waals surface area (Å²) in [5, 5.41) is 11.5. The van der Waals surface area contributed by atoms with Gasteiger partial charge in [0.25, 0.3) is 5.91 Å². The number of morpholine rings is 1. The van der Waals surface area contributed by atoms with E-state index in [1.54, 1.807) is 10.9 Å². The van der Waals surface area contributed by atoms with E-state index in [1.807, 2.05) is 54.2 Å². The Kier molecular flexibility index (Phi) is 4.07. The number of anilines is 1. The van der Waals surface area contributed by atoms with Crippen molar-refractivity contribution in [3.8, 4) is 0 Å². The Hall–Kier alpha value is -3.23. The molecule has 1 amide bonds. The van der Waals surface area contributed by atoms with Gasteiger partial charge in [0.15, 0.2) is 0 Å². The molecule has 1 aromatic carbocycles. The summed E-state index contributed by atoms with van der Waals surface area (Å²) in [5.74, 6) is -0.159. The Morgan fingerprint density at radius 1 is 1.29 bits per heavy atom. The van der Waals surface area contributed by atoms with E-state index in [9.17, 15) is 4.79 Å². The SMILES string of the molecule is Cn1ncc2cc(C(=O)Nc3ccc4nc([C@@H]5COCCN5)cn4c3)ccc21. The number of fused-ring (bicyclic) bond motifs is 2. The number of rotatable bonds is 3. The first-order valence-electron chi connectivity index (χ1n) is 9.20. The Labute approximate surface area is 161 Å². The van der Waals surface area contributed by atoms with Crippen LogP contribution in [-0.2, 0) is 11.8 Å². The number of carbonyl (C=O) groups is 1. The van der Waals surface area contributed by atoms with E-state index >= 15 is 0 Å². The van der Waals surface area contributed by atoms with Crippen LogP contribution in [0.3, 0.4) is 0 Å². The maximum Gasteiger partial charge on any atom is 0.255 e. The van der Waals surface area contributed by atoms with Gasteiger partial charge in [0.2, 0.25) is 0 Å². The number of benzene rings is 1. The van der Waals surface area contributed by atoms with Crippen molar-refractivity contribution < 1.29 is 9.53 Å². The summed E-state index contributed by atoms with van der Waals surface area (Å²) < 4.78 is 9.22. The molecule has 3 aromatic heterocycles. The van der Waals surface area contributed by atoms with Gasteiger partial charge < -0.3 is 19.8 Å². The van der Waals surface area contributed by atoms with Crippen LogP contribution in [0.4, 0.5) is 5.69 Å². The number of nitrogens with zero attached hydrogens (tertiary/aromatic N) is 4. The summed E-state index contributed by atoms with van der Waals surface area (Å²) >= 11 is 0. The van der Waals surface area contributed by atoms with Gasteiger partial charge in [-0.1, -0.05) is 0 Å². The second-order valence-electron chi connectivity index (χ2n) is 6.93. The molecular weight excluding hydrogens is 356 g/mol. The fourth-order valence-corrected chi connectivity index (χ4v) is 3.52. The van der Waals surface area contributed by atoms with Crippen LogP contribution in [0.25, 0.3) is 16.6 Å². The van der Waals surface area contributed by atoms with Crippen LogP contribution in [0, 0.1) is 0 Å². The highest BCUT2D eigenvalue weighted by Gasteiger charge is 2.18. The zero-order valence-corrected chi connectivity index (χ0v) is 15.4. The minimum absolute atomic E-state index is 0.0953. The average Bonchev–Trinajstić information content (AvgIpc) is 3.32. The number of amides is 1. The quantitative estimate of drug-likeness (QED) is 0.572. The third kappa shape index (κ3) is 3.02. The number of imidazole rings is 1. The molecule has 1 fully saturated rings. The molecule has 8 heteroatoms. The second-order valence-corrected chi connectivity index (χ2v) is 6.93. The molecule has 1 atom stereocenters. The molecule has 0 radical (unpaired) electrons. The summed E-state index contributed by atoms with van der Waals surface area (Å²) in [6.07, 6.45) is 5.60. The van der Waals surface area contributed by atoms with E-state index < -0.39 is 0 Å². The van der Waals surface area contributed by atoms with Gasteiger partial charge >= 0.3 is 0 Å². The van der Waals surface area contributed by atoms with Gasteiger partial charge in [-0.3, -0.25) is 9.48 Å². The van der Waals surface area contributed by atoms with Crippen molar-refractivity contribution in [3.05, 3.63) is 60.2 Å². The fourth-order valence-electron chi connectivity index (χ4n) is 3.52. The smallest absolute Gasteiger partial charge is 0.255 e. The number of aromatic nitrogens is 4. The number of carbonyl (C=O) groups excluding carboxylic acids is 1. The van der Waals surface area contributed by atoms with Gasteiger partial charge in [-0.25, -0.2) is 4.98 Å². The van der Waals surface area contributed by atoms with Crippen LogP contribution >= 0.6 is 0 Å². The van der Waals surface area contributed by atoms with Crippen molar-refractivity contribution in [1.29, 1.82) is 0 Å². The van der Waals surface area contributed by atoms with Crippen LogP contribution in [-0.4, -0.2) is 44.8 Å². The normalized spacial score (nSPS) is 17.2. The van der Waals surface area contributed by atoms with Crippen molar-refractivity contribution in [2.75, 3.05) is 25.1 Å². The number of hydrogen-bond donors (Lipinski definition) is 2. The number of aryl methyl sites for hydroxylation is 1. The molecule has 8 nitrogen and oxygen atoms in total. The predicted octanol–water partition coefficient (Wildman–Crippen LogP) is 2.13. The van der Waals surface area contributed by atoms with Crippen molar-refractivity contribution in [2.24, 2.45) is 7.05 Å². The molecule has 0 bridgehead atoms. The van der Waals surface area contributed by atoms with E-state index in [4.69, 9.17) is 4.74 Å². The van der Waals surface area contributed by atoms with Crippen LogP contribution in [0.2, 0.25) is 0 Å². The van der Waals surface area contributed by atoms with Gasteiger partial charge in [0.1, 0.15) is 5.65 Å². The molecule has 0 spiro atoms. The predicted molar refractivity (Wildman–Crippen MR) is 105 cm³/mol. The highest BCUT2D eigenvalue weighted by Crippen LogP contribution is 2.19. The molecule has 28 heavy (non-hydrogen) atoms. The molecule has 0 saturated carbocycles. The Morgan fingerprint density at radius 2 is 2.21 bits per heavy atom. The first-order chi connectivity index (χ1) is 13.7. The lowest BCUT2D eigenvalue weighted by molar-refractivity contribution is 0.0758. The number of ether oxygens (including phenoxy) is 1.